The molecule has 2 amide bonds. The van der Waals surface area contributed by atoms with E-state index in [0.29, 0.717) is 52.1 Å². The molecule has 41 heavy (non-hydrogen) atoms. The van der Waals surface area contributed by atoms with Gasteiger partial charge in [-0.25, -0.2) is 10.4 Å². The Hall–Kier alpha value is -4.95. The van der Waals surface area contributed by atoms with Gasteiger partial charge in [0.05, 0.1) is 16.9 Å². The number of hydrogen-bond donors (Lipinski definition) is 2. The number of ether oxygens (including phenoxy) is 1. The first-order valence-corrected chi connectivity index (χ1v) is 13.5. The Bertz CT molecular complexity index is 1810. The number of fused-ring (bicyclic) bond motifs is 2. The van der Waals surface area contributed by atoms with Gasteiger partial charge in [-0.2, -0.15) is 5.10 Å². The molecule has 6 rings (SSSR count). The first-order chi connectivity index (χ1) is 20.0. The first kappa shape index (κ1) is 26.3. The lowest BCUT2D eigenvalue weighted by Gasteiger charge is -2.13. The molecular formula is C32H25ClN4O4. The number of halogens is 1. The number of anilines is 1. The molecule has 5 aromatic rings. The van der Waals surface area contributed by atoms with E-state index in [1.807, 2.05) is 67.6 Å². The summed E-state index contributed by atoms with van der Waals surface area (Å²) in [6.07, 6.45) is 2.05. The van der Waals surface area contributed by atoms with Crippen molar-refractivity contribution in [3.63, 3.8) is 0 Å². The topological polar surface area (TPSA) is 106 Å². The molecule has 0 unspecified atom stereocenters. The molecule has 0 saturated carbocycles. The van der Waals surface area contributed by atoms with Gasteiger partial charge in [0.1, 0.15) is 17.2 Å². The number of pyridine rings is 1. The monoisotopic (exact) mass is 564 g/mol. The van der Waals surface area contributed by atoms with Crippen molar-refractivity contribution in [1.82, 2.24) is 10.4 Å². The van der Waals surface area contributed by atoms with Crippen LogP contribution in [-0.4, -0.2) is 22.5 Å². The van der Waals surface area contributed by atoms with Crippen LogP contribution >= 0.6 is 11.6 Å². The number of hydrogen-bond acceptors (Lipinski definition) is 6. The van der Waals surface area contributed by atoms with E-state index in [1.165, 1.54) is 0 Å². The molecule has 204 valence electrons. The lowest BCUT2D eigenvalue weighted by molar-refractivity contribution is 0.0949. The summed E-state index contributed by atoms with van der Waals surface area (Å²) in [5.41, 5.74) is 6.06. The molecule has 0 spiro atoms. The molecule has 2 aromatic heterocycles. The minimum atomic E-state index is -0.444. The van der Waals surface area contributed by atoms with Gasteiger partial charge in [-0.3, -0.25) is 9.59 Å². The maximum Gasteiger partial charge on any atom is 0.291 e. The SMILES string of the molecule is Cc1c(C(=O)Nc2cc(Cl)ccc2Oc2ccccc2)oc2c1/C(=N/NC(=O)c1ccc3ccccc3n1)CCC2. The van der Waals surface area contributed by atoms with Crippen LogP contribution in [0.25, 0.3) is 10.9 Å². The Balaban J connectivity index is 1.23. The van der Waals surface area contributed by atoms with Gasteiger partial charge in [0.25, 0.3) is 11.8 Å². The standard InChI is InChI=1S/C32H25ClN4O4/c1-19-29-24(36-37-31(38)25-16-14-20-8-5-6-11-23(20)34-25)12-7-13-28(29)41-30(19)32(39)35-26-18-21(33)15-17-27(26)40-22-9-3-2-4-10-22/h2-6,8-11,14-18H,7,12-13H2,1H3,(H,35,39)(H,37,38)/b36-24+. The average Bonchev–Trinajstić information content (AvgIpc) is 3.34. The van der Waals surface area contributed by atoms with Crippen molar-refractivity contribution < 1.29 is 18.7 Å². The maximum absolute atomic E-state index is 13.4. The van der Waals surface area contributed by atoms with Gasteiger partial charge in [-0.15, -0.1) is 0 Å². The van der Waals surface area contributed by atoms with E-state index in [1.54, 1.807) is 24.3 Å². The van der Waals surface area contributed by atoms with E-state index in [2.05, 4.69) is 20.8 Å². The Morgan fingerprint density at radius 2 is 1.76 bits per heavy atom. The van der Waals surface area contributed by atoms with Crippen molar-refractivity contribution in [2.24, 2.45) is 5.10 Å². The fourth-order valence-electron chi connectivity index (χ4n) is 4.85. The van der Waals surface area contributed by atoms with Crippen molar-refractivity contribution >= 4 is 45.7 Å². The van der Waals surface area contributed by atoms with Crippen LogP contribution in [0.4, 0.5) is 5.69 Å². The lowest BCUT2D eigenvalue weighted by Crippen LogP contribution is -2.23. The number of carbonyl (C=O) groups is 2. The fourth-order valence-corrected chi connectivity index (χ4v) is 5.02. The van der Waals surface area contributed by atoms with E-state index >= 15 is 0 Å². The van der Waals surface area contributed by atoms with Gasteiger partial charge >= 0.3 is 0 Å². The van der Waals surface area contributed by atoms with Crippen LogP contribution < -0.4 is 15.5 Å². The number of benzene rings is 3. The van der Waals surface area contributed by atoms with Crippen molar-refractivity contribution in [2.45, 2.75) is 26.2 Å². The van der Waals surface area contributed by atoms with Gasteiger partial charge in [-0.1, -0.05) is 54.1 Å². The smallest absolute Gasteiger partial charge is 0.291 e. The fraction of sp³-hybridized carbons (Fsp3) is 0.125. The summed E-state index contributed by atoms with van der Waals surface area (Å²) in [6, 6.07) is 25.4. The number of aromatic nitrogens is 1. The molecule has 2 N–H and O–H groups in total. The molecule has 1 aliphatic carbocycles. The number of aryl methyl sites for hydroxylation is 1. The zero-order valence-corrected chi connectivity index (χ0v) is 22.9. The highest BCUT2D eigenvalue weighted by molar-refractivity contribution is 6.31. The Kier molecular flexibility index (Phi) is 7.22. The summed E-state index contributed by atoms with van der Waals surface area (Å²) < 4.78 is 12.0. The number of nitrogens with zero attached hydrogens (tertiary/aromatic N) is 2. The summed E-state index contributed by atoms with van der Waals surface area (Å²) >= 11 is 6.23. The maximum atomic E-state index is 13.4. The van der Waals surface area contributed by atoms with E-state index in [9.17, 15) is 9.59 Å². The molecule has 1 aliphatic rings. The highest BCUT2D eigenvalue weighted by atomic mass is 35.5. The Morgan fingerprint density at radius 1 is 0.951 bits per heavy atom. The van der Waals surface area contributed by atoms with Crippen molar-refractivity contribution in [3.8, 4) is 11.5 Å². The van der Waals surface area contributed by atoms with Gasteiger partial charge in [0.2, 0.25) is 0 Å². The van der Waals surface area contributed by atoms with Gasteiger partial charge in [0, 0.05) is 28.0 Å². The van der Waals surface area contributed by atoms with Crippen LogP contribution in [0.3, 0.4) is 0 Å². The molecule has 9 heteroatoms. The second kappa shape index (κ2) is 11.3. The highest BCUT2D eigenvalue weighted by Gasteiger charge is 2.28. The van der Waals surface area contributed by atoms with E-state index in [-0.39, 0.29) is 11.5 Å². The predicted octanol–water partition coefficient (Wildman–Crippen LogP) is 7.30. The molecule has 3 aromatic carbocycles. The number of amides is 2. The van der Waals surface area contributed by atoms with E-state index in [0.717, 1.165) is 22.9 Å². The number of furan rings is 1. The molecule has 8 nitrogen and oxygen atoms in total. The largest absolute Gasteiger partial charge is 0.455 e. The minimum Gasteiger partial charge on any atom is -0.455 e. The molecule has 0 saturated heterocycles. The van der Waals surface area contributed by atoms with Crippen LogP contribution in [0.1, 0.15) is 50.8 Å². The normalized spacial score (nSPS) is 13.6. The average molecular weight is 565 g/mol. The zero-order valence-electron chi connectivity index (χ0n) is 22.1. The molecule has 2 heterocycles. The van der Waals surface area contributed by atoms with Gasteiger partial charge in [0.15, 0.2) is 11.5 Å². The Labute approximate surface area is 241 Å². The number of carbonyl (C=O) groups excluding carboxylic acids is 2. The molecule has 0 bridgehead atoms. The number of nitrogens with one attached hydrogen (secondary N) is 2. The van der Waals surface area contributed by atoms with Gasteiger partial charge in [-0.05, 0) is 62.2 Å². The van der Waals surface area contributed by atoms with Crippen LogP contribution in [-0.2, 0) is 6.42 Å². The summed E-state index contributed by atoms with van der Waals surface area (Å²) in [5.74, 6) is 1.02. The minimum absolute atomic E-state index is 0.165. The van der Waals surface area contributed by atoms with Crippen LogP contribution in [0.15, 0.2) is 94.4 Å². The first-order valence-electron chi connectivity index (χ1n) is 13.2. The molecule has 0 fully saturated rings. The van der Waals surface area contributed by atoms with Crippen LogP contribution in [0.5, 0.6) is 11.5 Å². The van der Waals surface area contributed by atoms with E-state index in [4.69, 9.17) is 20.8 Å². The quantitative estimate of drug-likeness (QED) is 0.210. The van der Waals surface area contributed by atoms with E-state index < -0.39 is 11.8 Å². The van der Waals surface area contributed by atoms with Crippen molar-refractivity contribution in [3.05, 3.63) is 118 Å². The zero-order chi connectivity index (χ0) is 28.3. The summed E-state index contributed by atoms with van der Waals surface area (Å²) in [6.45, 7) is 1.81. The highest BCUT2D eigenvalue weighted by Crippen LogP contribution is 2.34. The molecule has 0 radical (unpaired) electrons. The molecule has 0 aliphatic heterocycles. The second-order valence-corrected chi connectivity index (χ2v) is 10.0. The Morgan fingerprint density at radius 3 is 2.61 bits per heavy atom. The van der Waals surface area contributed by atoms with Crippen molar-refractivity contribution in [2.75, 3.05) is 5.32 Å². The predicted molar refractivity (Wildman–Crippen MR) is 158 cm³/mol. The third kappa shape index (κ3) is 5.55. The molecule has 0 atom stereocenters. The van der Waals surface area contributed by atoms with Gasteiger partial charge < -0.3 is 14.5 Å². The number of rotatable bonds is 6. The number of para-hydroxylation sites is 2. The number of hydrazone groups is 1. The third-order valence-corrected chi connectivity index (χ3v) is 7.05. The van der Waals surface area contributed by atoms with Crippen LogP contribution in [0, 0.1) is 6.92 Å². The second-order valence-electron chi connectivity index (χ2n) is 9.61. The van der Waals surface area contributed by atoms with Crippen LogP contribution in [0.2, 0.25) is 5.02 Å². The van der Waals surface area contributed by atoms with Crippen molar-refractivity contribution in [1.29, 1.82) is 0 Å². The summed E-state index contributed by atoms with van der Waals surface area (Å²) in [7, 11) is 0. The summed E-state index contributed by atoms with van der Waals surface area (Å²) in [4.78, 5) is 30.7. The third-order valence-electron chi connectivity index (χ3n) is 6.82. The summed E-state index contributed by atoms with van der Waals surface area (Å²) in [5, 5.41) is 8.69. The molecular weight excluding hydrogens is 540 g/mol. The lowest BCUT2D eigenvalue weighted by atomic mass is 9.93.